The van der Waals surface area contributed by atoms with E-state index >= 15 is 0 Å². The first-order valence-corrected chi connectivity index (χ1v) is 6.27. The average molecular weight is 305 g/mol. The molecular weight excluding hydrogens is 291 g/mol. The monoisotopic (exact) mass is 304 g/mol. The summed E-state index contributed by atoms with van der Waals surface area (Å²) in [5, 5.41) is 11.8. The predicted molar refractivity (Wildman–Crippen MR) is 74.6 cm³/mol. The molecule has 5 nitrogen and oxygen atoms in total. The Labute approximate surface area is 120 Å². The van der Waals surface area contributed by atoms with Crippen LogP contribution in [0.1, 0.15) is 24.2 Å². The third kappa shape index (κ3) is 3.75. The summed E-state index contributed by atoms with van der Waals surface area (Å²) in [7, 11) is 0. The van der Waals surface area contributed by atoms with Gasteiger partial charge in [-0.15, -0.1) is 0 Å². The predicted octanol–water partition coefficient (Wildman–Crippen LogP) is 2.41. The Morgan fingerprint density at radius 1 is 1.26 bits per heavy atom. The fraction of sp³-hybridized carbons (Fsp3) is 0.333. The molecule has 7 heteroatoms. The minimum absolute atomic E-state index is 0.177. The fourth-order valence-corrected chi connectivity index (χ4v) is 1.83. The lowest BCUT2D eigenvalue weighted by Gasteiger charge is -2.18. The Balaban J connectivity index is 2.87. The number of aliphatic carboxylic acids is 1. The summed E-state index contributed by atoms with van der Waals surface area (Å²) in [5.41, 5.74) is 6.00. The average Bonchev–Trinajstić information content (AvgIpc) is 2.33. The van der Waals surface area contributed by atoms with E-state index in [0.717, 1.165) is 0 Å². The minimum atomic E-state index is -0.985. The van der Waals surface area contributed by atoms with Gasteiger partial charge >= 0.3 is 5.97 Å². The Bertz CT molecular complexity index is 497. The number of nitrogens with two attached hydrogens (primary N) is 1. The number of amides is 1. The maximum atomic E-state index is 11.9. The molecule has 1 aromatic rings. The lowest BCUT2D eigenvalue weighted by Crippen LogP contribution is -2.40. The molecule has 0 heterocycles. The van der Waals surface area contributed by atoms with E-state index in [-0.39, 0.29) is 21.3 Å². The van der Waals surface area contributed by atoms with Gasteiger partial charge in [0.15, 0.2) is 0 Å². The molecule has 2 unspecified atom stereocenters. The van der Waals surface area contributed by atoms with Crippen LogP contribution in [0.5, 0.6) is 0 Å². The van der Waals surface area contributed by atoms with Crippen molar-refractivity contribution in [2.24, 2.45) is 5.92 Å². The second kappa shape index (κ2) is 6.12. The molecule has 19 heavy (non-hydrogen) atoms. The highest BCUT2D eigenvalue weighted by atomic mass is 35.5. The summed E-state index contributed by atoms with van der Waals surface area (Å²) in [4.78, 5) is 22.7. The third-order valence-corrected chi connectivity index (χ3v) is 3.46. The number of carbonyl (C=O) groups is 2. The Morgan fingerprint density at radius 2 is 1.74 bits per heavy atom. The van der Waals surface area contributed by atoms with Crippen molar-refractivity contribution in [3.05, 3.63) is 27.7 Å². The molecule has 0 saturated heterocycles. The number of carboxylic acid groups (broad SMARTS) is 1. The van der Waals surface area contributed by atoms with Crippen LogP contribution in [0.3, 0.4) is 0 Å². The number of nitrogen functional groups attached to an aromatic ring is 1. The van der Waals surface area contributed by atoms with Crippen LogP contribution in [-0.2, 0) is 4.79 Å². The SMILES string of the molecule is CC(NC(=O)c1cc(Cl)c(N)c(Cl)c1)C(C)C(=O)O. The van der Waals surface area contributed by atoms with Crippen LogP contribution in [0, 0.1) is 5.92 Å². The third-order valence-electron chi connectivity index (χ3n) is 2.84. The van der Waals surface area contributed by atoms with E-state index in [1.54, 1.807) is 6.92 Å². The molecule has 0 aliphatic heterocycles. The largest absolute Gasteiger partial charge is 0.481 e. The number of rotatable bonds is 4. The number of carboxylic acids is 1. The quantitative estimate of drug-likeness (QED) is 0.745. The molecule has 2 atom stereocenters. The zero-order chi connectivity index (χ0) is 14.7. The minimum Gasteiger partial charge on any atom is -0.481 e. The van der Waals surface area contributed by atoms with Crippen LogP contribution < -0.4 is 11.1 Å². The van der Waals surface area contributed by atoms with Gasteiger partial charge in [0.1, 0.15) is 0 Å². The highest BCUT2D eigenvalue weighted by Gasteiger charge is 2.22. The van der Waals surface area contributed by atoms with Crippen molar-refractivity contribution in [1.82, 2.24) is 5.32 Å². The first-order chi connectivity index (χ1) is 8.73. The van der Waals surface area contributed by atoms with Gasteiger partial charge in [0.2, 0.25) is 0 Å². The summed E-state index contributed by atoms with van der Waals surface area (Å²) in [6, 6.07) is 2.24. The van der Waals surface area contributed by atoms with Gasteiger partial charge in [-0.3, -0.25) is 9.59 Å². The second-order valence-electron chi connectivity index (χ2n) is 4.24. The van der Waals surface area contributed by atoms with E-state index in [4.69, 9.17) is 34.0 Å². The number of hydrogen-bond donors (Lipinski definition) is 3. The number of halogens is 2. The van der Waals surface area contributed by atoms with Crippen LogP contribution in [0.4, 0.5) is 5.69 Å². The van der Waals surface area contributed by atoms with Gasteiger partial charge in [0, 0.05) is 11.6 Å². The first kappa shape index (κ1) is 15.6. The molecule has 0 bridgehead atoms. The molecule has 0 saturated carbocycles. The highest BCUT2D eigenvalue weighted by molar-refractivity contribution is 6.39. The summed E-state index contributed by atoms with van der Waals surface area (Å²) >= 11 is 11.7. The lowest BCUT2D eigenvalue weighted by atomic mass is 10.0. The van der Waals surface area contributed by atoms with Gasteiger partial charge in [-0.2, -0.15) is 0 Å². The number of hydrogen-bond acceptors (Lipinski definition) is 3. The summed E-state index contributed by atoms with van der Waals surface area (Å²) in [5.74, 6) is -2.14. The van der Waals surface area contributed by atoms with Crippen molar-refractivity contribution in [2.75, 3.05) is 5.73 Å². The van der Waals surface area contributed by atoms with E-state index in [9.17, 15) is 9.59 Å². The van der Waals surface area contributed by atoms with Gasteiger partial charge in [-0.05, 0) is 26.0 Å². The molecule has 0 radical (unpaired) electrons. The van der Waals surface area contributed by atoms with Crippen molar-refractivity contribution in [1.29, 1.82) is 0 Å². The maximum Gasteiger partial charge on any atom is 0.308 e. The zero-order valence-corrected chi connectivity index (χ0v) is 11.9. The number of anilines is 1. The molecule has 1 rings (SSSR count). The number of benzene rings is 1. The first-order valence-electron chi connectivity index (χ1n) is 5.52. The normalized spacial score (nSPS) is 13.7. The molecule has 0 spiro atoms. The van der Waals surface area contributed by atoms with E-state index < -0.39 is 23.8 Å². The van der Waals surface area contributed by atoms with Gasteiger partial charge in [0.05, 0.1) is 21.7 Å². The van der Waals surface area contributed by atoms with Gasteiger partial charge in [-0.1, -0.05) is 23.2 Å². The lowest BCUT2D eigenvalue weighted by molar-refractivity contribution is -0.141. The maximum absolute atomic E-state index is 11.9. The molecule has 0 aliphatic rings. The van der Waals surface area contributed by atoms with Crippen molar-refractivity contribution in [3.8, 4) is 0 Å². The topological polar surface area (TPSA) is 92.4 Å². The molecule has 104 valence electrons. The highest BCUT2D eigenvalue weighted by Crippen LogP contribution is 2.28. The number of carbonyl (C=O) groups excluding carboxylic acids is 1. The molecule has 0 aromatic heterocycles. The van der Waals surface area contributed by atoms with Gasteiger partial charge in [0.25, 0.3) is 5.91 Å². The Kier molecular flexibility index (Phi) is 5.03. The van der Waals surface area contributed by atoms with E-state index in [0.29, 0.717) is 0 Å². The Hall–Kier alpha value is -1.46. The van der Waals surface area contributed by atoms with E-state index in [2.05, 4.69) is 5.32 Å². The number of nitrogens with one attached hydrogen (secondary N) is 1. The molecule has 1 aromatic carbocycles. The van der Waals surface area contributed by atoms with Crippen molar-refractivity contribution >= 4 is 40.8 Å². The molecule has 0 aliphatic carbocycles. The van der Waals surface area contributed by atoms with Crippen LogP contribution in [0.15, 0.2) is 12.1 Å². The summed E-state index contributed by atoms with van der Waals surface area (Å²) in [6.45, 7) is 3.12. The molecular formula is C12H14Cl2N2O3. The van der Waals surface area contributed by atoms with E-state index in [1.807, 2.05) is 0 Å². The fourth-order valence-electron chi connectivity index (χ4n) is 1.34. The van der Waals surface area contributed by atoms with Crippen molar-refractivity contribution in [2.45, 2.75) is 19.9 Å². The molecule has 4 N–H and O–H groups in total. The zero-order valence-electron chi connectivity index (χ0n) is 10.4. The van der Waals surface area contributed by atoms with Gasteiger partial charge < -0.3 is 16.2 Å². The van der Waals surface area contributed by atoms with Crippen molar-refractivity contribution < 1.29 is 14.7 Å². The van der Waals surface area contributed by atoms with Crippen LogP contribution in [0.2, 0.25) is 10.0 Å². The second-order valence-corrected chi connectivity index (χ2v) is 5.06. The Morgan fingerprint density at radius 3 is 2.16 bits per heavy atom. The smallest absolute Gasteiger partial charge is 0.308 e. The van der Waals surface area contributed by atoms with Crippen LogP contribution in [-0.4, -0.2) is 23.0 Å². The van der Waals surface area contributed by atoms with Crippen LogP contribution >= 0.6 is 23.2 Å². The van der Waals surface area contributed by atoms with Crippen molar-refractivity contribution in [3.63, 3.8) is 0 Å². The van der Waals surface area contributed by atoms with Crippen LogP contribution in [0.25, 0.3) is 0 Å². The van der Waals surface area contributed by atoms with Gasteiger partial charge in [-0.25, -0.2) is 0 Å². The molecule has 1 amide bonds. The van der Waals surface area contributed by atoms with E-state index in [1.165, 1.54) is 19.1 Å². The summed E-state index contributed by atoms with van der Waals surface area (Å²) < 4.78 is 0. The summed E-state index contributed by atoms with van der Waals surface area (Å²) in [6.07, 6.45) is 0. The molecule has 0 fully saturated rings. The standard InChI is InChI=1S/C12H14Cl2N2O3/c1-5(12(18)19)6(2)16-11(17)7-3-8(13)10(15)9(14)4-7/h3-6H,15H2,1-2H3,(H,16,17)(H,18,19).